The number of hydrogen-bond acceptors (Lipinski definition) is 3. The van der Waals surface area contributed by atoms with Crippen LogP contribution in [-0.4, -0.2) is 20.6 Å². The molecular weight excluding hydrogens is 432 g/mol. The highest BCUT2D eigenvalue weighted by Crippen LogP contribution is 2.23. The second kappa shape index (κ2) is 9.79. The normalized spacial score (nSPS) is 12.3. The molecule has 0 aliphatic carbocycles. The topological polar surface area (TPSA) is 66.5 Å². The Hall–Kier alpha value is -3.12. The van der Waals surface area contributed by atoms with E-state index in [4.69, 9.17) is 0 Å². The molecule has 5 nitrogen and oxygen atoms in total. The van der Waals surface area contributed by atoms with Gasteiger partial charge in [0.25, 0.3) is 5.91 Å². The first-order chi connectivity index (χ1) is 15.5. The molecule has 174 valence electrons. The molecule has 33 heavy (non-hydrogen) atoms. The lowest BCUT2D eigenvalue weighted by molar-refractivity contribution is 0.0940. The van der Waals surface area contributed by atoms with Crippen molar-refractivity contribution >= 4 is 21.6 Å². The molecule has 0 aliphatic rings. The third-order valence-corrected chi connectivity index (χ3v) is 7.07. The second-order valence-electron chi connectivity index (χ2n) is 8.79. The molecule has 6 heteroatoms. The van der Waals surface area contributed by atoms with Gasteiger partial charge in [0.15, 0.2) is 0 Å². The van der Waals surface area contributed by atoms with Crippen LogP contribution in [-0.2, 0) is 16.6 Å². The molecule has 1 N–H and O–H groups in total. The number of aryl methyl sites for hydroxylation is 4. The summed E-state index contributed by atoms with van der Waals surface area (Å²) in [5, 5.41) is 3.07. The number of benzene rings is 3. The zero-order valence-corrected chi connectivity index (χ0v) is 21.0. The highest BCUT2D eigenvalue weighted by Gasteiger charge is 2.19. The number of anilines is 1. The van der Waals surface area contributed by atoms with Gasteiger partial charge in [-0.15, -0.1) is 0 Å². The van der Waals surface area contributed by atoms with Gasteiger partial charge < -0.3 is 5.32 Å². The number of carbonyl (C=O) groups is 1. The van der Waals surface area contributed by atoms with Gasteiger partial charge >= 0.3 is 0 Å². The zero-order chi connectivity index (χ0) is 24.3. The predicted octanol–water partition coefficient (Wildman–Crippen LogP) is 5.38. The van der Waals surface area contributed by atoms with Gasteiger partial charge in [-0.3, -0.25) is 9.10 Å². The van der Waals surface area contributed by atoms with E-state index >= 15 is 0 Å². The summed E-state index contributed by atoms with van der Waals surface area (Å²) in [4.78, 5) is 12.8. The highest BCUT2D eigenvalue weighted by molar-refractivity contribution is 7.92. The maximum absolute atomic E-state index is 12.8. The molecule has 1 atom stereocenters. The Bertz CT molecular complexity index is 1270. The molecule has 0 spiro atoms. The van der Waals surface area contributed by atoms with E-state index in [0.717, 1.165) is 22.3 Å². The van der Waals surface area contributed by atoms with E-state index in [1.807, 2.05) is 32.0 Å². The Morgan fingerprint density at radius 2 is 1.55 bits per heavy atom. The molecule has 0 saturated heterocycles. The van der Waals surface area contributed by atoms with Crippen LogP contribution in [0.2, 0.25) is 0 Å². The standard InChI is InChI=1S/C27H32N2O3S/c1-18-8-7-9-25(14-18)29(33(6,31)32)17-23-10-12-24(13-11-23)27(30)28-22(5)26-16-20(3)19(2)15-21(26)4/h7-16,22H,17H2,1-6H3,(H,28,30). The lowest BCUT2D eigenvalue weighted by Crippen LogP contribution is -2.29. The second-order valence-corrected chi connectivity index (χ2v) is 10.7. The molecule has 0 bridgehead atoms. The monoisotopic (exact) mass is 464 g/mol. The Morgan fingerprint density at radius 3 is 2.15 bits per heavy atom. The van der Waals surface area contributed by atoms with Gasteiger partial charge in [0, 0.05) is 5.56 Å². The minimum absolute atomic E-state index is 0.126. The van der Waals surface area contributed by atoms with Crippen molar-refractivity contribution in [1.82, 2.24) is 5.32 Å². The first-order valence-corrected chi connectivity index (χ1v) is 12.8. The van der Waals surface area contributed by atoms with Gasteiger partial charge in [0.2, 0.25) is 10.0 Å². The lowest BCUT2D eigenvalue weighted by Gasteiger charge is -2.23. The summed E-state index contributed by atoms with van der Waals surface area (Å²) < 4.78 is 26.2. The summed E-state index contributed by atoms with van der Waals surface area (Å²) >= 11 is 0. The van der Waals surface area contributed by atoms with Gasteiger partial charge in [0.05, 0.1) is 24.5 Å². The maximum Gasteiger partial charge on any atom is 0.251 e. The van der Waals surface area contributed by atoms with Gasteiger partial charge in [-0.2, -0.15) is 0 Å². The molecule has 3 aromatic rings. The van der Waals surface area contributed by atoms with Crippen LogP contribution in [0.3, 0.4) is 0 Å². The molecule has 0 fully saturated rings. The minimum Gasteiger partial charge on any atom is -0.346 e. The molecule has 3 rings (SSSR count). The van der Waals surface area contributed by atoms with Crippen LogP contribution in [0.1, 0.15) is 56.7 Å². The number of sulfonamides is 1. The Labute approximate surface area is 197 Å². The number of hydrogen-bond donors (Lipinski definition) is 1. The van der Waals surface area contributed by atoms with Gasteiger partial charge in [-0.1, -0.05) is 36.4 Å². The summed E-state index contributed by atoms with van der Waals surface area (Å²) in [7, 11) is -3.46. The van der Waals surface area contributed by atoms with Crippen molar-refractivity contribution in [3.63, 3.8) is 0 Å². The van der Waals surface area contributed by atoms with E-state index in [1.54, 1.807) is 30.3 Å². The fraction of sp³-hybridized carbons (Fsp3) is 0.296. The number of carbonyl (C=O) groups excluding carboxylic acids is 1. The summed E-state index contributed by atoms with van der Waals surface area (Å²) in [5.41, 5.74) is 7.64. The average molecular weight is 465 g/mol. The molecule has 0 aliphatic heterocycles. The molecule has 0 saturated carbocycles. The maximum atomic E-state index is 12.8. The quantitative estimate of drug-likeness (QED) is 0.511. The van der Waals surface area contributed by atoms with Crippen LogP contribution in [0, 0.1) is 27.7 Å². The van der Waals surface area contributed by atoms with E-state index in [0.29, 0.717) is 11.3 Å². The van der Waals surface area contributed by atoms with E-state index in [1.165, 1.54) is 21.7 Å². The molecule has 0 heterocycles. The van der Waals surface area contributed by atoms with Crippen LogP contribution in [0.5, 0.6) is 0 Å². The van der Waals surface area contributed by atoms with Crippen molar-refractivity contribution in [1.29, 1.82) is 0 Å². The number of nitrogens with one attached hydrogen (secondary N) is 1. The first-order valence-electron chi connectivity index (χ1n) is 11.0. The fourth-order valence-electron chi connectivity index (χ4n) is 3.92. The van der Waals surface area contributed by atoms with Crippen LogP contribution in [0.4, 0.5) is 5.69 Å². The number of nitrogens with zero attached hydrogens (tertiary/aromatic N) is 1. The van der Waals surface area contributed by atoms with Crippen molar-refractivity contribution in [2.24, 2.45) is 0 Å². The number of rotatable bonds is 7. The minimum atomic E-state index is -3.46. The van der Waals surface area contributed by atoms with E-state index in [9.17, 15) is 13.2 Å². The molecule has 3 aromatic carbocycles. The lowest BCUT2D eigenvalue weighted by atomic mass is 9.96. The zero-order valence-electron chi connectivity index (χ0n) is 20.1. The smallest absolute Gasteiger partial charge is 0.251 e. The summed E-state index contributed by atoms with van der Waals surface area (Å²) in [6, 6.07) is 18.6. The van der Waals surface area contributed by atoms with E-state index in [-0.39, 0.29) is 18.5 Å². The SMILES string of the molecule is Cc1cccc(N(Cc2ccc(C(=O)NC(C)c3cc(C)c(C)cc3C)cc2)S(C)(=O)=O)c1. The van der Waals surface area contributed by atoms with E-state index in [2.05, 4.69) is 38.2 Å². The van der Waals surface area contributed by atoms with Crippen LogP contribution < -0.4 is 9.62 Å². The predicted molar refractivity (Wildman–Crippen MR) is 135 cm³/mol. The van der Waals surface area contributed by atoms with Gasteiger partial charge in [-0.05, 0) is 92.3 Å². The van der Waals surface area contributed by atoms with Crippen LogP contribution in [0.25, 0.3) is 0 Å². The van der Waals surface area contributed by atoms with Crippen molar-refractivity contribution < 1.29 is 13.2 Å². The molecular formula is C27H32N2O3S. The Balaban J connectivity index is 1.75. The number of amides is 1. The Morgan fingerprint density at radius 1 is 0.909 bits per heavy atom. The van der Waals surface area contributed by atoms with E-state index < -0.39 is 10.0 Å². The van der Waals surface area contributed by atoms with Crippen molar-refractivity contribution in [3.05, 3.63) is 99.6 Å². The Kier molecular flexibility index (Phi) is 7.28. The summed E-state index contributed by atoms with van der Waals surface area (Å²) in [5.74, 6) is -0.162. The third-order valence-electron chi connectivity index (χ3n) is 5.93. The third kappa shape index (κ3) is 6.02. The van der Waals surface area contributed by atoms with Crippen LogP contribution >= 0.6 is 0 Å². The molecule has 0 aromatic heterocycles. The molecule has 1 unspecified atom stereocenters. The molecule has 0 radical (unpaired) electrons. The summed E-state index contributed by atoms with van der Waals surface area (Å²) in [6.07, 6.45) is 1.20. The van der Waals surface area contributed by atoms with Crippen LogP contribution in [0.15, 0.2) is 60.7 Å². The van der Waals surface area contributed by atoms with Gasteiger partial charge in [-0.25, -0.2) is 8.42 Å². The molecule has 1 amide bonds. The van der Waals surface area contributed by atoms with Crippen molar-refractivity contribution in [2.45, 2.75) is 47.2 Å². The fourth-order valence-corrected chi connectivity index (χ4v) is 4.80. The first kappa shape index (κ1) is 24.5. The van der Waals surface area contributed by atoms with Crippen molar-refractivity contribution in [2.75, 3.05) is 10.6 Å². The van der Waals surface area contributed by atoms with Gasteiger partial charge in [0.1, 0.15) is 0 Å². The highest BCUT2D eigenvalue weighted by atomic mass is 32.2. The average Bonchev–Trinajstić information content (AvgIpc) is 2.74. The summed E-state index contributed by atoms with van der Waals surface area (Å²) in [6.45, 7) is 10.3. The largest absolute Gasteiger partial charge is 0.346 e. The van der Waals surface area contributed by atoms with Crippen molar-refractivity contribution in [3.8, 4) is 0 Å².